The molecule has 1 aliphatic carbocycles. The first-order valence-electron chi connectivity index (χ1n) is 6.88. The standard InChI is InChI=1S/C14H22N2O2S/c1-2-19(17,18)14-10-6-5-9-13(14)16-12-8-4-3-7-11(12)15/h5-6,9-12,16H,2-4,7-8,15H2,1H3/t11-,12-/m1/s1. The van der Waals surface area contributed by atoms with E-state index in [0.717, 1.165) is 25.7 Å². The van der Waals surface area contributed by atoms with E-state index in [4.69, 9.17) is 5.73 Å². The van der Waals surface area contributed by atoms with Crippen molar-refractivity contribution < 1.29 is 8.42 Å². The second kappa shape index (κ2) is 5.92. The van der Waals surface area contributed by atoms with Crippen LogP contribution >= 0.6 is 0 Å². The smallest absolute Gasteiger partial charge is 0.180 e. The molecule has 0 amide bonds. The summed E-state index contributed by atoms with van der Waals surface area (Å²) in [5, 5.41) is 3.34. The third kappa shape index (κ3) is 3.28. The van der Waals surface area contributed by atoms with Crippen LogP contribution in [0.1, 0.15) is 32.6 Å². The fourth-order valence-electron chi connectivity index (χ4n) is 2.55. The average molecular weight is 282 g/mol. The van der Waals surface area contributed by atoms with Crippen LogP contribution in [0.2, 0.25) is 0 Å². The van der Waals surface area contributed by atoms with E-state index in [0.29, 0.717) is 10.6 Å². The first-order chi connectivity index (χ1) is 9.04. The number of hydrogen-bond donors (Lipinski definition) is 2. The van der Waals surface area contributed by atoms with Crippen LogP contribution in [0.3, 0.4) is 0 Å². The van der Waals surface area contributed by atoms with Gasteiger partial charge in [0.15, 0.2) is 9.84 Å². The molecule has 0 saturated heterocycles. The lowest BCUT2D eigenvalue weighted by atomic mass is 9.91. The Labute approximate surface area is 115 Å². The number of sulfone groups is 1. The van der Waals surface area contributed by atoms with E-state index >= 15 is 0 Å². The van der Waals surface area contributed by atoms with E-state index in [1.165, 1.54) is 0 Å². The molecule has 1 saturated carbocycles. The van der Waals surface area contributed by atoms with Gasteiger partial charge in [-0.3, -0.25) is 0 Å². The van der Waals surface area contributed by atoms with E-state index in [-0.39, 0.29) is 17.8 Å². The third-order valence-electron chi connectivity index (χ3n) is 3.76. The Morgan fingerprint density at radius 2 is 1.95 bits per heavy atom. The van der Waals surface area contributed by atoms with Gasteiger partial charge in [-0.25, -0.2) is 8.42 Å². The minimum Gasteiger partial charge on any atom is -0.380 e. The minimum absolute atomic E-state index is 0.103. The summed E-state index contributed by atoms with van der Waals surface area (Å²) in [4.78, 5) is 0.385. The summed E-state index contributed by atoms with van der Waals surface area (Å²) in [6.07, 6.45) is 4.31. The molecule has 1 aliphatic rings. The molecule has 1 fully saturated rings. The van der Waals surface area contributed by atoms with Gasteiger partial charge in [0.2, 0.25) is 0 Å². The van der Waals surface area contributed by atoms with Gasteiger partial charge in [0, 0.05) is 12.1 Å². The summed E-state index contributed by atoms with van der Waals surface area (Å²) >= 11 is 0. The van der Waals surface area contributed by atoms with Crippen LogP contribution < -0.4 is 11.1 Å². The van der Waals surface area contributed by atoms with Gasteiger partial charge in [0.1, 0.15) is 0 Å². The lowest BCUT2D eigenvalue weighted by Gasteiger charge is -2.30. The maximum Gasteiger partial charge on any atom is 0.180 e. The summed E-state index contributed by atoms with van der Waals surface area (Å²) in [5.74, 6) is 0.114. The van der Waals surface area contributed by atoms with E-state index in [2.05, 4.69) is 5.32 Å². The molecule has 106 valence electrons. The molecule has 0 bridgehead atoms. The Morgan fingerprint density at radius 1 is 1.26 bits per heavy atom. The van der Waals surface area contributed by atoms with Crippen molar-refractivity contribution in [3.8, 4) is 0 Å². The quantitative estimate of drug-likeness (QED) is 0.887. The number of nitrogens with one attached hydrogen (secondary N) is 1. The van der Waals surface area contributed by atoms with E-state index in [1.54, 1.807) is 19.1 Å². The Morgan fingerprint density at radius 3 is 2.63 bits per heavy atom. The number of hydrogen-bond acceptors (Lipinski definition) is 4. The number of para-hydroxylation sites is 1. The third-order valence-corrected chi connectivity index (χ3v) is 5.55. The highest BCUT2D eigenvalue weighted by atomic mass is 32.2. The minimum atomic E-state index is -3.20. The number of nitrogens with two attached hydrogens (primary N) is 1. The molecule has 19 heavy (non-hydrogen) atoms. The maximum absolute atomic E-state index is 12.1. The fourth-order valence-corrected chi connectivity index (χ4v) is 3.61. The van der Waals surface area contributed by atoms with Gasteiger partial charge >= 0.3 is 0 Å². The Kier molecular flexibility index (Phi) is 4.47. The fraction of sp³-hybridized carbons (Fsp3) is 0.571. The van der Waals surface area contributed by atoms with Crippen molar-refractivity contribution in [1.29, 1.82) is 0 Å². The summed E-state index contributed by atoms with van der Waals surface area (Å²) in [6, 6.07) is 7.37. The van der Waals surface area contributed by atoms with Gasteiger partial charge < -0.3 is 11.1 Å². The predicted molar refractivity (Wildman–Crippen MR) is 78.0 cm³/mol. The Hall–Kier alpha value is -1.07. The van der Waals surface area contributed by atoms with Crippen molar-refractivity contribution in [3.63, 3.8) is 0 Å². The number of benzene rings is 1. The molecule has 0 heterocycles. The second-order valence-corrected chi connectivity index (χ2v) is 7.35. The Bertz CT molecular complexity index is 528. The van der Waals surface area contributed by atoms with Crippen molar-refractivity contribution in [2.75, 3.05) is 11.1 Å². The predicted octanol–water partition coefficient (Wildman–Crippen LogP) is 2.16. The Balaban J connectivity index is 2.25. The van der Waals surface area contributed by atoms with Crippen LogP contribution in [0.4, 0.5) is 5.69 Å². The summed E-state index contributed by atoms with van der Waals surface area (Å²) in [7, 11) is -3.20. The lowest BCUT2D eigenvalue weighted by molar-refractivity contribution is 0.403. The van der Waals surface area contributed by atoms with Gasteiger partial charge in [-0.2, -0.15) is 0 Å². The average Bonchev–Trinajstić information content (AvgIpc) is 2.42. The van der Waals surface area contributed by atoms with Crippen LogP contribution in [0, 0.1) is 0 Å². The highest BCUT2D eigenvalue weighted by Gasteiger charge is 2.24. The first kappa shape index (κ1) is 14.3. The first-order valence-corrected chi connectivity index (χ1v) is 8.53. The molecule has 3 N–H and O–H groups in total. The normalized spacial score (nSPS) is 24.1. The van der Waals surface area contributed by atoms with Crippen LogP contribution in [0.25, 0.3) is 0 Å². The molecule has 5 heteroatoms. The second-order valence-electron chi connectivity index (χ2n) is 5.10. The maximum atomic E-state index is 12.1. The zero-order chi connectivity index (χ0) is 13.9. The van der Waals surface area contributed by atoms with Gasteiger partial charge in [-0.1, -0.05) is 31.9 Å². The number of anilines is 1. The van der Waals surface area contributed by atoms with Crippen LogP contribution in [-0.2, 0) is 9.84 Å². The van der Waals surface area contributed by atoms with E-state index in [9.17, 15) is 8.42 Å². The monoisotopic (exact) mass is 282 g/mol. The van der Waals surface area contributed by atoms with Crippen LogP contribution in [-0.4, -0.2) is 26.3 Å². The highest BCUT2D eigenvalue weighted by Crippen LogP contribution is 2.26. The zero-order valence-electron chi connectivity index (χ0n) is 11.3. The molecule has 1 aromatic carbocycles. The molecule has 0 aliphatic heterocycles. The molecule has 2 atom stereocenters. The van der Waals surface area contributed by atoms with E-state index < -0.39 is 9.84 Å². The van der Waals surface area contributed by atoms with Gasteiger partial charge in [0.05, 0.1) is 16.3 Å². The summed E-state index contributed by atoms with van der Waals surface area (Å²) < 4.78 is 24.1. The molecule has 0 radical (unpaired) electrons. The van der Waals surface area contributed by atoms with Crippen molar-refractivity contribution in [2.45, 2.75) is 49.6 Å². The van der Waals surface area contributed by atoms with E-state index in [1.807, 2.05) is 12.1 Å². The van der Waals surface area contributed by atoms with Gasteiger partial charge in [-0.15, -0.1) is 0 Å². The number of rotatable bonds is 4. The van der Waals surface area contributed by atoms with Crippen molar-refractivity contribution in [3.05, 3.63) is 24.3 Å². The molecule has 0 unspecified atom stereocenters. The molecule has 0 spiro atoms. The highest BCUT2D eigenvalue weighted by molar-refractivity contribution is 7.91. The summed E-state index contributed by atoms with van der Waals surface area (Å²) in [6.45, 7) is 1.67. The van der Waals surface area contributed by atoms with Gasteiger partial charge in [0.25, 0.3) is 0 Å². The topological polar surface area (TPSA) is 72.2 Å². The molecule has 2 rings (SSSR count). The molecular formula is C14H22N2O2S. The molecule has 4 nitrogen and oxygen atoms in total. The largest absolute Gasteiger partial charge is 0.380 e. The van der Waals surface area contributed by atoms with Crippen molar-refractivity contribution in [2.24, 2.45) is 5.73 Å². The molecular weight excluding hydrogens is 260 g/mol. The van der Waals surface area contributed by atoms with Crippen LogP contribution in [0.15, 0.2) is 29.2 Å². The van der Waals surface area contributed by atoms with Crippen molar-refractivity contribution in [1.82, 2.24) is 0 Å². The van der Waals surface area contributed by atoms with Crippen LogP contribution in [0.5, 0.6) is 0 Å². The lowest BCUT2D eigenvalue weighted by Crippen LogP contribution is -2.42. The molecule has 1 aromatic rings. The molecule has 0 aromatic heterocycles. The SMILES string of the molecule is CCS(=O)(=O)c1ccccc1N[C@@H]1CCCC[C@H]1N. The summed E-state index contributed by atoms with van der Waals surface area (Å²) in [5.41, 5.74) is 6.79. The zero-order valence-corrected chi connectivity index (χ0v) is 12.1. The van der Waals surface area contributed by atoms with Crippen molar-refractivity contribution >= 4 is 15.5 Å². The van der Waals surface area contributed by atoms with Gasteiger partial charge in [-0.05, 0) is 25.0 Å².